The summed E-state index contributed by atoms with van der Waals surface area (Å²) in [5.41, 5.74) is 1.49. The second kappa shape index (κ2) is 8.22. The molecule has 0 aliphatic heterocycles. The van der Waals surface area contributed by atoms with Crippen molar-refractivity contribution < 1.29 is 14.3 Å². The molecule has 4 heteroatoms. The summed E-state index contributed by atoms with van der Waals surface area (Å²) >= 11 is 0. The Labute approximate surface area is 191 Å². The summed E-state index contributed by atoms with van der Waals surface area (Å²) in [6.07, 6.45) is 5.69. The second-order valence-electron chi connectivity index (χ2n) is 10.9. The maximum atomic E-state index is 13.3. The molecule has 4 bridgehead atoms. The van der Waals surface area contributed by atoms with Crippen molar-refractivity contribution in [1.29, 1.82) is 0 Å². The molecule has 2 aromatic rings. The van der Waals surface area contributed by atoms with Crippen LogP contribution >= 0.6 is 0 Å². The molecule has 0 heterocycles. The van der Waals surface area contributed by atoms with Gasteiger partial charge in [0.1, 0.15) is 5.75 Å². The summed E-state index contributed by atoms with van der Waals surface area (Å²) in [7, 11) is 0. The van der Waals surface area contributed by atoms with Crippen molar-refractivity contribution in [3.8, 4) is 5.75 Å². The zero-order valence-corrected chi connectivity index (χ0v) is 19.5. The molecule has 1 unspecified atom stereocenters. The van der Waals surface area contributed by atoms with Crippen LogP contribution in [0.2, 0.25) is 0 Å². The van der Waals surface area contributed by atoms with Crippen molar-refractivity contribution in [2.45, 2.75) is 76.7 Å². The molecule has 6 rings (SSSR count). The minimum atomic E-state index is -0.911. The Morgan fingerprint density at radius 2 is 1.66 bits per heavy atom. The van der Waals surface area contributed by atoms with E-state index in [4.69, 9.17) is 9.47 Å². The summed E-state index contributed by atoms with van der Waals surface area (Å²) in [5, 5.41) is 3.41. The molecule has 1 amide bonds. The lowest BCUT2D eigenvalue weighted by Crippen LogP contribution is -2.64. The summed E-state index contributed by atoms with van der Waals surface area (Å²) in [4.78, 5) is 13.3. The first kappa shape index (κ1) is 21.5. The van der Waals surface area contributed by atoms with Crippen LogP contribution in [0, 0.1) is 24.7 Å². The number of hydrogen-bond acceptors (Lipinski definition) is 3. The van der Waals surface area contributed by atoms with Crippen LogP contribution in [0.5, 0.6) is 5.75 Å². The van der Waals surface area contributed by atoms with Crippen molar-refractivity contribution in [2.24, 2.45) is 17.8 Å². The molecule has 0 saturated heterocycles. The quantitative estimate of drug-likeness (QED) is 0.633. The van der Waals surface area contributed by atoms with Gasteiger partial charge in [-0.1, -0.05) is 48.0 Å². The first-order chi connectivity index (χ1) is 15.3. The maximum absolute atomic E-state index is 13.3. The highest BCUT2D eigenvalue weighted by molar-refractivity contribution is 5.85. The van der Waals surface area contributed by atoms with Crippen LogP contribution < -0.4 is 10.1 Å². The van der Waals surface area contributed by atoms with Gasteiger partial charge in [-0.3, -0.25) is 4.79 Å². The van der Waals surface area contributed by atoms with Gasteiger partial charge < -0.3 is 14.8 Å². The molecule has 1 N–H and O–H groups in total. The van der Waals surface area contributed by atoms with Crippen LogP contribution in [0.4, 0.5) is 0 Å². The monoisotopic (exact) mass is 433 g/mol. The minimum absolute atomic E-state index is 0.0124. The van der Waals surface area contributed by atoms with E-state index in [1.165, 1.54) is 30.4 Å². The lowest BCUT2D eigenvalue weighted by atomic mass is 9.52. The number of rotatable bonds is 7. The van der Waals surface area contributed by atoms with Crippen LogP contribution in [-0.2, 0) is 16.1 Å². The highest BCUT2D eigenvalue weighted by Gasteiger charge is 2.56. The third-order valence-corrected chi connectivity index (χ3v) is 7.84. The van der Waals surface area contributed by atoms with E-state index in [0.717, 1.165) is 24.5 Å². The van der Waals surface area contributed by atoms with Crippen molar-refractivity contribution in [3.05, 3.63) is 65.7 Å². The predicted molar refractivity (Wildman–Crippen MR) is 125 cm³/mol. The average Bonchev–Trinajstić information content (AvgIpc) is 2.76. The number of nitrogens with one attached hydrogen (secondary N) is 1. The van der Waals surface area contributed by atoms with Crippen molar-refractivity contribution in [3.63, 3.8) is 0 Å². The Morgan fingerprint density at radius 3 is 2.31 bits per heavy atom. The highest BCUT2D eigenvalue weighted by atomic mass is 16.5. The van der Waals surface area contributed by atoms with Gasteiger partial charge in [0.05, 0.1) is 12.2 Å². The number of hydrogen-bond donors (Lipinski definition) is 1. The van der Waals surface area contributed by atoms with E-state index >= 15 is 0 Å². The van der Waals surface area contributed by atoms with Crippen LogP contribution in [0.1, 0.15) is 57.1 Å². The van der Waals surface area contributed by atoms with Crippen LogP contribution in [-0.4, -0.2) is 23.2 Å². The van der Waals surface area contributed by atoms with Gasteiger partial charge in [0, 0.05) is 6.04 Å². The van der Waals surface area contributed by atoms with Gasteiger partial charge in [0.25, 0.3) is 5.91 Å². The summed E-state index contributed by atoms with van der Waals surface area (Å²) in [5.74, 6) is 2.43. The van der Waals surface area contributed by atoms with Gasteiger partial charge in [-0.15, -0.1) is 0 Å². The van der Waals surface area contributed by atoms with Crippen molar-refractivity contribution >= 4 is 5.91 Å². The fourth-order valence-electron chi connectivity index (χ4n) is 6.45. The number of carbonyl (C=O) groups is 1. The van der Waals surface area contributed by atoms with Gasteiger partial charge in [0.15, 0.2) is 5.60 Å². The zero-order valence-electron chi connectivity index (χ0n) is 19.5. The van der Waals surface area contributed by atoms with E-state index in [1.807, 2.05) is 51.1 Å². The molecule has 0 radical (unpaired) electrons. The van der Waals surface area contributed by atoms with E-state index in [2.05, 4.69) is 29.6 Å². The lowest BCUT2D eigenvalue weighted by Gasteiger charge is -2.59. The molecule has 4 aliphatic rings. The molecule has 0 aromatic heterocycles. The van der Waals surface area contributed by atoms with E-state index in [1.54, 1.807) is 0 Å². The molecule has 4 nitrogen and oxygen atoms in total. The molecule has 2 aromatic carbocycles. The normalized spacial score (nSPS) is 30.8. The van der Waals surface area contributed by atoms with E-state index in [9.17, 15) is 4.79 Å². The Hall–Kier alpha value is -2.33. The largest absolute Gasteiger partial charge is 0.478 e. The van der Waals surface area contributed by atoms with Gasteiger partial charge in [-0.05, 0) is 88.3 Å². The smallest absolute Gasteiger partial charge is 0.263 e. The number of amides is 1. The number of benzene rings is 2. The highest BCUT2D eigenvalue weighted by Crippen LogP contribution is 2.57. The maximum Gasteiger partial charge on any atom is 0.263 e. The van der Waals surface area contributed by atoms with E-state index in [-0.39, 0.29) is 17.6 Å². The van der Waals surface area contributed by atoms with Crippen molar-refractivity contribution in [2.75, 3.05) is 0 Å². The van der Waals surface area contributed by atoms with Gasteiger partial charge >= 0.3 is 0 Å². The number of aryl methyl sites for hydroxylation is 1. The molecule has 4 fully saturated rings. The standard InChI is InChI=1S/C28H35NO3/c1-19-9-11-24(12-10-19)32-27(2,3)26(30)29-25-22-13-21-14-23(25)17-28(15-21,16-22)31-18-20-7-5-4-6-8-20/h4-12,21-23,25H,13-18H2,1-3H3,(H,29,30)/t21?,22-,23+,25-,28+. The number of carbonyl (C=O) groups excluding carboxylic acids is 1. The Bertz CT molecular complexity index is 936. The predicted octanol–water partition coefficient (Wildman–Crippen LogP) is 5.43. The molecule has 4 aliphatic carbocycles. The Morgan fingerprint density at radius 1 is 1.00 bits per heavy atom. The molecular weight excluding hydrogens is 398 g/mol. The third kappa shape index (κ3) is 4.30. The number of ether oxygens (including phenoxy) is 2. The SMILES string of the molecule is Cc1ccc(OC(C)(C)C(=O)N[C@@H]2[C@@H]3CC4C[C@H]2C[C@](OCc2ccccc2)(C4)C3)cc1. The lowest BCUT2D eigenvalue weighted by molar-refractivity contribution is -0.181. The van der Waals surface area contributed by atoms with Crippen molar-refractivity contribution in [1.82, 2.24) is 5.32 Å². The molecule has 5 atom stereocenters. The Kier molecular flexibility index (Phi) is 5.53. The van der Waals surface area contributed by atoms with E-state index in [0.29, 0.717) is 18.4 Å². The first-order valence-electron chi connectivity index (χ1n) is 12.1. The van der Waals surface area contributed by atoms with Crippen LogP contribution in [0.25, 0.3) is 0 Å². The van der Waals surface area contributed by atoms with Gasteiger partial charge in [-0.25, -0.2) is 0 Å². The Balaban J connectivity index is 1.23. The summed E-state index contributed by atoms with van der Waals surface area (Å²) < 4.78 is 12.7. The third-order valence-electron chi connectivity index (χ3n) is 7.84. The van der Waals surface area contributed by atoms with Gasteiger partial charge in [-0.2, -0.15) is 0 Å². The average molecular weight is 434 g/mol. The molecule has 32 heavy (non-hydrogen) atoms. The van der Waals surface area contributed by atoms with Crippen LogP contribution in [0.3, 0.4) is 0 Å². The fraction of sp³-hybridized carbons (Fsp3) is 0.536. The molecule has 0 spiro atoms. The molecule has 170 valence electrons. The second-order valence-corrected chi connectivity index (χ2v) is 10.9. The fourth-order valence-corrected chi connectivity index (χ4v) is 6.45. The zero-order chi connectivity index (χ0) is 22.3. The molecule has 4 saturated carbocycles. The van der Waals surface area contributed by atoms with Crippen LogP contribution in [0.15, 0.2) is 54.6 Å². The van der Waals surface area contributed by atoms with E-state index < -0.39 is 5.60 Å². The van der Waals surface area contributed by atoms with Gasteiger partial charge in [0.2, 0.25) is 0 Å². The minimum Gasteiger partial charge on any atom is -0.478 e. The summed E-state index contributed by atoms with van der Waals surface area (Å²) in [6, 6.07) is 18.6. The first-order valence-corrected chi connectivity index (χ1v) is 12.1. The topological polar surface area (TPSA) is 47.6 Å². The molecular formula is C28H35NO3. The summed E-state index contributed by atoms with van der Waals surface area (Å²) in [6.45, 7) is 6.46.